The predicted octanol–water partition coefficient (Wildman–Crippen LogP) is 1.08. The van der Waals surface area contributed by atoms with Gasteiger partial charge in [-0.3, -0.25) is 14.4 Å². The first-order chi connectivity index (χ1) is 11.9. The van der Waals surface area contributed by atoms with E-state index in [2.05, 4.69) is 21.3 Å². The van der Waals surface area contributed by atoms with Crippen molar-refractivity contribution in [1.82, 2.24) is 21.3 Å². The van der Waals surface area contributed by atoms with E-state index < -0.39 is 5.54 Å². The van der Waals surface area contributed by atoms with Crippen molar-refractivity contribution >= 4 is 17.7 Å². The number of hydrogen-bond donors (Lipinski definition) is 4. The summed E-state index contributed by atoms with van der Waals surface area (Å²) < 4.78 is 0. The van der Waals surface area contributed by atoms with Gasteiger partial charge in [-0.15, -0.1) is 0 Å². The SMILES string of the molecule is CCNC(=O)CCC(CCC(=O)NCC)(CCC(=O)NCC)NCC. The molecule has 0 aromatic heterocycles. The minimum absolute atomic E-state index is 0.000738. The van der Waals surface area contributed by atoms with Crippen molar-refractivity contribution in [2.75, 3.05) is 26.2 Å². The van der Waals surface area contributed by atoms with Gasteiger partial charge in [-0.2, -0.15) is 0 Å². The Kier molecular flexibility index (Phi) is 12.7. The summed E-state index contributed by atoms with van der Waals surface area (Å²) in [6, 6.07) is 0. The molecule has 0 aromatic rings. The van der Waals surface area contributed by atoms with Crippen LogP contribution in [0.3, 0.4) is 0 Å². The first-order valence-corrected chi connectivity index (χ1v) is 9.48. The van der Waals surface area contributed by atoms with E-state index in [9.17, 15) is 14.4 Å². The van der Waals surface area contributed by atoms with Crippen LogP contribution in [0.2, 0.25) is 0 Å². The van der Waals surface area contributed by atoms with Crippen LogP contribution >= 0.6 is 0 Å². The molecule has 0 heterocycles. The number of amides is 3. The van der Waals surface area contributed by atoms with Gasteiger partial charge in [-0.05, 0) is 46.6 Å². The Morgan fingerprint density at radius 2 is 0.920 bits per heavy atom. The molecule has 0 spiro atoms. The molecule has 0 unspecified atom stereocenters. The summed E-state index contributed by atoms with van der Waals surface area (Å²) in [5.41, 5.74) is -0.393. The fraction of sp³-hybridized carbons (Fsp3) is 0.833. The summed E-state index contributed by atoms with van der Waals surface area (Å²) in [7, 11) is 0. The van der Waals surface area contributed by atoms with Crippen molar-refractivity contribution in [3.63, 3.8) is 0 Å². The van der Waals surface area contributed by atoms with E-state index in [1.165, 1.54) is 0 Å². The van der Waals surface area contributed by atoms with Gasteiger partial charge in [0.15, 0.2) is 0 Å². The maximum atomic E-state index is 11.9. The topological polar surface area (TPSA) is 99.3 Å². The van der Waals surface area contributed by atoms with Gasteiger partial charge in [-0.25, -0.2) is 0 Å². The van der Waals surface area contributed by atoms with Gasteiger partial charge < -0.3 is 21.3 Å². The Morgan fingerprint density at radius 1 is 0.600 bits per heavy atom. The molecular weight excluding hydrogens is 320 g/mol. The second-order valence-electron chi connectivity index (χ2n) is 6.17. The molecule has 7 heteroatoms. The molecule has 4 N–H and O–H groups in total. The largest absolute Gasteiger partial charge is 0.356 e. The van der Waals surface area contributed by atoms with Crippen molar-refractivity contribution in [2.24, 2.45) is 0 Å². The van der Waals surface area contributed by atoms with Gasteiger partial charge in [0.25, 0.3) is 0 Å². The fourth-order valence-electron chi connectivity index (χ4n) is 2.93. The van der Waals surface area contributed by atoms with Crippen LogP contribution in [0.5, 0.6) is 0 Å². The highest BCUT2D eigenvalue weighted by molar-refractivity contribution is 5.77. The molecular formula is C18H36N4O3. The normalized spacial score (nSPS) is 11.0. The highest BCUT2D eigenvalue weighted by Crippen LogP contribution is 2.26. The second kappa shape index (κ2) is 13.6. The van der Waals surface area contributed by atoms with Gasteiger partial charge >= 0.3 is 0 Å². The smallest absolute Gasteiger partial charge is 0.220 e. The van der Waals surface area contributed by atoms with Crippen LogP contribution in [0.1, 0.15) is 66.2 Å². The molecule has 0 aliphatic rings. The number of carbonyl (C=O) groups excluding carboxylic acids is 3. The molecule has 0 bridgehead atoms. The molecule has 0 fully saturated rings. The van der Waals surface area contributed by atoms with Crippen LogP contribution in [-0.2, 0) is 14.4 Å². The molecule has 0 saturated carbocycles. The standard InChI is InChI=1S/C18H36N4O3/c1-5-19-15(23)9-12-18(22-8-4,13-10-16(24)20-6-2)14-11-17(25)21-7-3/h22H,5-14H2,1-4H3,(H,19,23)(H,20,24)(H,21,25). The summed E-state index contributed by atoms with van der Waals surface area (Å²) in [6.07, 6.45) is 2.95. The average Bonchev–Trinajstić information content (AvgIpc) is 2.57. The van der Waals surface area contributed by atoms with Crippen LogP contribution in [-0.4, -0.2) is 49.4 Å². The van der Waals surface area contributed by atoms with Crippen LogP contribution in [0.4, 0.5) is 0 Å². The maximum Gasteiger partial charge on any atom is 0.220 e. The summed E-state index contributed by atoms with van der Waals surface area (Å²) >= 11 is 0. The Morgan fingerprint density at radius 3 is 1.16 bits per heavy atom. The van der Waals surface area contributed by atoms with Gasteiger partial charge in [0.2, 0.25) is 17.7 Å². The monoisotopic (exact) mass is 356 g/mol. The Labute approximate surface area is 152 Å². The first kappa shape index (κ1) is 23.4. The van der Waals surface area contributed by atoms with E-state index in [4.69, 9.17) is 0 Å². The van der Waals surface area contributed by atoms with E-state index >= 15 is 0 Å². The number of nitrogens with one attached hydrogen (secondary N) is 4. The minimum atomic E-state index is -0.393. The second-order valence-corrected chi connectivity index (χ2v) is 6.17. The lowest BCUT2D eigenvalue weighted by molar-refractivity contribution is -0.121. The van der Waals surface area contributed by atoms with E-state index in [0.717, 1.165) is 6.54 Å². The van der Waals surface area contributed by atoms with Crippen LogP contribution < -0.4 is 21.3 Å². The van der Waals surface area contributed by atoms with E-state index in [0.29, 0.717) is 58.2 Å². The van der Waals surface area contributed by atoms with Crippen molar-refractivity contribution < 1.29 is 14.4 Å². The first-order valence-electron chi connectivity index (χ1n) is 9.48. The molecule has 146 valence electrons. The zero-order valence-corrected chi connectivity index (χ0v) is 16.3. The van der Waals surface area contributed by atoms with Crippen molar-refractivity contribution in [3.05, 3.63) is 0 Å². The summed E-state index contributed by atoms with van der Waals surface area (Å²) in [5.74, 6) is 0.00222. The van der Waals surface area contributed by atoms with Crippen LogP contribution in [0.15, 0.2) is 0 Å². The molecule has 0 aliphatic carbocycles. The average molecular weight is 357 g/mol. The van der Waals surface area contributed by atoms with E-state index in [1.807, 2.05) is 27.7 Å². The molecule has 0 rings (SSSR count). The molecule has 3 amide bonds. The highest BCUT2D eigenvalue weighted by atomic mass is 16.2. The Hall–Kier alpha value is -1.63. The zero-order valence-electron chi connectivity index (χ0n) is 16.3. The van der Waals surface area contributed by atoms with Crippen molar-refractivity contribution in [3.8, 4) is 0 Å². The lowest BCUT2D eigenvalue weighted by Gasteiger charge is -2.35. The number of carbonyl (C=O) groups is 3. The fourth-order valence-corrected chi connectivity index (χ4v) is 2.93. The highest BCUT2D eigenvalue weighted by Gasteiger charge is 2.30. The summed E-state index contributed by atoms with van der Waals surface area (Å²) in [6.45, 7) is 10.2. The summed E-state index contributed by atoms with van der Waals surface area (Å²) in [5, 5.41) is 11.9. The van der Waals surface area contributed by atoms with Crippen LogP contribution in [0.25, 0.3) is 0 Å². The maximum absolute atomic E-state index is 11.9. The Bertz CT molecular complexity index is 358. The molecule has 0 aromatic carbocycles. The quantitative estimate of drug-likeness (QED) is 0.374. The van der Waals surface area contributed by atoms with E-state index in [-0.39, 0.29) is 17.7 Å². The third-order valence-corrected chi connectivity index (χ3v) is 4.17. The Balaban J connectivity index is 4.98. The van der Waals surface area contributed by atoms with Crippen molar-refractivity contribution in [1.29, 1.82) is 0 Å². The number of hydrogen-bond acceptors (Lipinski definition) is 4. The lowest BCUT2D eigenvalue weighted by atomic mass is 9.83. The van der Waals surface area contributed by atoms with Crippen molar-refractivity contribution in [2.45, 2.75) is 71.8 Å². The third-order valence-electron chi connectivity index (χ3n) is 4.17. The molecule has 0 radical (unpaired) electrons. The molecule has 0 atom stereocenters. The van der Waals surface area contributed by atoms with Gasteiger partial charge in [-0.1, -0.05) is 6.92 Å². The molecule has 0 saturated heterocycles. The van der Waals surface area contributed by atoms with Gasteiger partial charge in [0, 0.05) is 44.4 Å². The van der Waals surface area contributed by atoms with Gasteiger partial charge in [0.05, 0.1) is 0 Å². The van der Waals surface area contributed by atoms with Crippen LogP contribution in [0, 0.1) is 0 Å². The van der Waals surface area contributed by atoms with Gasteiger partial charge in [0.1, 0.15) is 0 Å². The third kappa shape index (κ3) is 10.8. The zero-order chi connectivity index (χ0) is 19.1. The molecule has 25 heavy (non-hydrogen) atoms. The molecule has 7 nitrogen and oxygen atoms in total. The van der Waals surface area contributed by atoms with E-state index in [1.54, 1.807) is 0 Å². The minimum Gasteiger partial charge on any atom is -0.356 e. The summed E-state index contributed by atoms with van der Waals surface area (Å²) in [4.78, 5) is 35.6. The molecule has 0 aliphatic heterocycles. The lowest BCUT2D eigenvalue weighted by Crippen LogP contribution is -2.47. The number of rotatable bonds is 14. The predicted molar refractivity (Wildman–Crippen MR) is 100 cm³/mol.